The van der Waals surface area contributed by atoms with Crippen LogP contribution in [-0.2, 0) is 23.0 Å². The van der Waals surface area contributed by atoms with Crippen molar-refractivity contribution in [3.63, 3.8) is 0 Å². The van der Waals surface area contributed by atoms with Gasteiger partial charge >= 0.3 is 0 Å². The summed E-state index contributed by atoms with van der Waals surface area (Å²) in [5.74, 6) is 1.08. The highest BCUT2D eigenvalue weighted by Gasteiger charge is 2.34. The first kappa shape index (κ1) is 18.1. The molecular weight excluding hydrogens is 400 g/mol. The third-order valence-corrected chi connectivity index (χ3v) is 8.05. The second-order valence-electron chi connectivity index (χ2n) is 7.44. The first-order chi connectivity index (χ1) is 13.5. The molecule has 0 spiro atoms. The van der Waals surface area contributed by atoms with E-state index >= 15 is 0 Å². The molecule has 10 heteroatoms. The standard InChI is InChI=1S/C18H21ClN6O2S/c19-15-9-17-21-12-22-25(17)11-14(15)13-4-7-23(8-5-13)28(26,27)18-10-20-16-3-1-2-6-24(16)18/h9-13H,1-8H2. The molecule has 0 amide bonds. The van der Waals surface area contributed by atoms with Crippen molar-refractivity contribution in [3.8, 4) is 0 Å². The van der Waals surface area contributed by atoms with Gasteiger partial charge < -0.3 is 4.57 Å². The number of aromatic nitrogens is 5. The summed E-state index contributed by atoms with van der Waals surface area (Å²) in [6.45, 7) is 1.67. The van der Waals surface area contributed by atoms with Gasteiger partial charge in [-0.3, -0.25) is 0 Å². The van der Waals surface area contributed by atoms with E-state index in [4.69, 9.17) is 11.6 Å². The van der Waals surface area contributed by atoms with Crippen molar-refractivity contribution in [2.45, 2.75) is 49.6 Å². The number of hydrogen-bond donors (Lipinski definition) is 0. The fraction of sp³-hybridized carbons (Fsp3) is 0.500. The number of pyridine rings is 1. The molecule has 0 unspecified atom stereocenters. The van der Waals surface area contributed by atoms with Crippen molar-refractivity contribution in [3.05, 3.63) is 41.2 Å². The van der Waals surface area contributed by atoms with Gasteiger partial charge in [0.05, 0.1) is 6.20 Å². The lowest BCUT2D eigenvalue weighted by Crippen LogP contribution is -2.39. The zero-order valence-electron chi connectivity index (χ0n) is 15.3. The topological polar surface area (TPSA) is 85.4 Å². The van der Waals surface area contributed by atoms with E-state index in [0.717, 1.165) is 50.0 Å². The molecule has 2 aliphatic heterocycles. The number of nitrogens with zero attached hydrogens (tertiary/aromatic N) is 6. The fourth-order valence-corrected chi connectivity index (χ4v) is 6.20. The maximum absolute atomic E-state index is 13.2. The Morgan fingerprint density at radius 3 is 2.75 bits per heavy atom. The number of aryl methyl sites for hydroxylation is 1. The van der Waals surface area contributed by atoms with Crippen LogP contribution in [0.4, 0.5) is 0 Å². The first-order valence-electron chi connectivity index (χ1n) is 9.57. The van der Waals surface area contributed by atoms with Gasteiger partial charge in [-0.1, -0.05) is 11.6 Å². The van der Waals surface area contributed by atoms with Crippen molar-refractivity contribution in [2.75, 3.05) is 13.1 Å². The third kappa shape index (κ3) is 2.92. The minimum Gasteiger partial charge on any atom is -0.318 e. The van der Waals surface area contributed by atoms with Crippen molar-refractivity contribution in [1.29, 1.82) is 0 Å². The van der Waals surface area contributed by atoms with Crippen molar-refractivity contribution >= 4 is 27.3 Å². The summed E-state index contributed by atoms with van der Waals surface area (Å²) >= 11 is 6.46. The lowest BCUT2D eigenvalue weighted by Gasteiger charge is -2.32. The number of piperidine rings is 1. The number of fused-ring (bicyclic) bond motifs is 2. The van der Waals surface area contributed by atoms with Crippen molar-refractivity contribution in [2.24, 2.45) is 0 Å². The minimum atomic E-state index is -3.53. The molecule has 28 heavy (non-hydrogen) atoms. The molecule has 0 aromatic carbocycles. The average molecular weight is 421 g/mol. The monoisotopic (exact) mass is 420 g/mol. The molecule has 1 fully saturated rings. The van der Waals surface area contributed by atoms with Gasteiger partial charge in [0.25, 0.3) is 10.0 Å². The molecule has 0 atom stereocenters. The van der Waals surface area contributed by atoms with E-state index < -0.39 is 10.0 Å². The lowest BCUT2D eigenvalue weighted by atomic mass is 9.91. The van der Waals surface area contributed by atoms with Crippen LogP contribution in [0.3, 0.4) is 0 Å². The molecule has 3 aromatic heterocycles. The quantitative estimate of drug-likeness (QED) is 0.649. The number of sulfonamides is 1. The Hall–Kier alpha value is -1.97. The van der Waals surface area contributed by atoms with Crippen LogP contribution in [0.1, 0.15) is 43.0 Å². The number of hydrogen-bond acceptors (Lipinski definition) is 5. The maximum Gasteiger partial charge on any atom is 0.260 e. The average Bonchev–Trinajstić information content (AvgIpc) is 3.34. The van der Waals surface area contributed by atoms with Gasteiger partial charge in [-0.05, 0) is 37.2 Å². The molecule has 1 saturated heterocycles. The van der Waals surface area contributed by atoms with E-state index in [-0.39, 0.29) is 5.92 Å². The van der Waals surface area contributed by atoms with Gasteiger partial charge in [0.1, 0.15) is 12.2 Å². The maximum atomic E-state index is 13.2. The van der Waals surface area contributed by atoms with E-state index in [2.05, 4.69) is 15.1 Å². The van der Waals surface area contributed by atoms with Gasteiger partial charge in [-0.2, -0.15) is 9.40 Å². The normalized spacial score (nSPS) is 19.2. The number of rotatable bonds is 3. The largest absolute Gasteiger partial charge is 0.318 e. The van der Waals surface area contributed by atoms with Gasteiger partial charge in [0.2, 0.25) is 0 Å². The molecule has 5 heterocycles. The van der Waals surface area contributed by atoms with Crippen LogP contribution in [0.25, 0.3) is 5.65 Å². The first-order valence-corrected chi connectivity index (χ1v) is 11.4. The summed E-state index contributed by atoms with van der Waals surface area (Å²) in [5.41, 5.74) is 1.71. The summed E-state index contributed by atoms with van der Waals surface area (Å²) in [6, 6.07) is 1.81. The van der Waals surface area contributed by atoms with Crippen LogP contribution >= 0.6 is 11.6 Å². The Kier molecular flexibility index (Phi) is 4.41. The Morgan fingerprint density at radius 1 is 1.11 bits per heavy atom. The zero-order chi connectivity index (χ0) is 19.3. The Bertz CT molecular complexity index is 1130. The van der Waals surface area contributed by atoms with Crippen LogP contribution < -0.4 is 0 Å². The van der Waals surface area contributed by atoms with Gasteiger partial charge in [0.15, 0.2) is 10.7 Å². The molecule has 8 nitrogen and oxygen atoms in total. The molecule has 0 aliphatic carbocycles. The minimum absolute atomic E-state index is 0.201. The summed E-state index contributed by atoms with van der Waals surface area (Å²) in [6.07, 6.45) is 9.29. The van der Waals surface area contributed by atoms with E-state index in [1.807, 2.05) is 16.8 Å². The summed E-state index contributed by atoms with van der Waals surface area (Å²) in [7, 11) is -3.53. The van der Waals surface area contributed by atoms with Gasteiger partial charge in [-0.25, -0.2) is 22.9 Å². The van der Waals surface area contributed by atoms with Crippen molar-refractivity contribution < 1.29 is 8.42 Å². The van der Waals surface area contributed by atoms with Gasteiger partial charge in [-0.15, -0.1) is 0 Å². The molecule has 0 bridgehead atoms. The van der Waals surface area contributed by atoms with Gasteiger partial charge in [0, 0.05) is 43.3 Å². The molecule has 2 aliphatic rings. The van der Waals surface area contributed by atoms with Crippen LogP contribution in [0.5, 0.6) is 0 Å². The SMILES string of the molecule is O=S(=O)(c1cnc2n1CCCC2)N1CCC(c2cn3ncnc3cc2Cl)CC1. The predicted molar refractivity (Wildman–Crippen MR) is 104 cm³/mol. The van der Waals surface area contributed by atoms with E-state index in [9.17, 15) is 8.42 Å². The van der Waals surface area contributed by atoms with E-state index in [1.54, 1.807) is 8.82 Å². The molecule has 0 radical (unpaired) electrons. The highest BCUT2D eigenvalue weighted by molar-refractivity contribution is 7.89. The van der Waals surface area contributed by atoms with Crippen molar-refractivity contribution in [1.82, 2.24) is 28.5 Å². The van der Waals surface area contributed by atoms with Crippen LogP contribution in [0.15, 0.2) is 29.8 Å². The molecule has 3 aromatic rings. The predicted octanol–water partition coefficient (Wildman–Crippen LogP) is 2.48. The molecule has 5 rings (SSSR count). The van der Waals surface area contributed by atoms with E-state index in [1.165, 1.54) is 12.5 Å². The Morgan fingerprint density at radius 2 is 1.93 bits per heavy atom. The fourth-order valence-electron chi connectivity index (χ4n) is 4.29. The van der Waals surface area contributed by atoms with Crippen LogP contribution in [0.2, 0.25) is 5.02 Å². The van der Waals surface area contributed by atoms with Crippen LogP contribution in [-0.4, -0.2) is 50.0 Å². The second kappa shape index (κ2) is 6.82. The Labute approximate surface area is 168 Å². The smallest absolute Gasteiger partial charge is 0.260 e. The Balaban J connectivity index is 1.36. The molecule has 0 N–H and O–H groups in total. The van der Waals surface area contributed by atoms with Crippen LogP contribution in [0, 0.1) is 0 Å². The lowest BCUT2D eigenvalue weighted by molar-refractivity contribution is 0.316. The summed E-state index contributed by atoms with van der Waals surface area (Å²) in [4.78, 5) is 8.49. The highest BCUT2D eigenvalue weighted by atomic mass is 35.5. The molecule has 148 valence electrons. The molecule has 0 saturated carbocycles. The van der Waals surface area contributed by atoms with E-state index in [0.29, 0.717) is 28.8 Å². The zero-order valence-corrected chi connectivity index (χ0v) is 16.9. The number of halogens is 1. The third-order valence-electron chi connectivity index (χ3n) is 5.83. The second-order valence-corrected chi connectivity index (χ2v) is 9.73. The summed E-state index contributed by atoms with van der Waals surface area (Å²) < 4.78 is 31.5. The highest BCUT2D eigenvalue weighted by Crippen LogP contribution is 2.35. The molecular formula is C18H21ClN6O2S. The summed E-state index contributed by atoms with van der Waals surface area (Å²) in [5, 5.41) is 5.17. The number of imidazole rings is 1.